The van der Waals surface area contributed by atoms with Crippen molar-refractivity contribution < 1.29 is 19.4 Å². The molecular weight excluding hydrogens is 494 g/mol. The number of morpholine rings is 1. The summed E-state index contributed by atoms with van der Waals surface area (Å²) in [5.41, 5.74) is 6.30. The number of pyridine rings is 1. The summed E-state index contributed by atoms with van der Waals surface area (Å²) in [7, 11) is 0. The van der Waals surface area contributed by atoms with E-state index in [1.54, 1.807) is 11.1 Å². The Labute approximate surface area is 226 Å². The first-order chi connectivity index (χ1) is 19.1. The van der Waals surface area contributed by atoms with Crippen molar-refractivity contribution >= 4 is 22.6 Å². The lowest BCUT2D eigenvalue weighted by Gasteiger charge is -2.28. The van der Waals surface area contributed by atoms with Gasteiger partial charge in [0.2, 0.25) is 5.91 Å². The number of hydrogen-bond donors (Lipinski definition) is 2. The fourth-order valence-electron chi connectivity index (χ4n) is 5.33. The van der Waals surface area contributed by atoms with E-state index in [-0.39, 0.29) is 12.0 Å². The average molecular weight is 524 g/mol. The molecule has 0 aliphatic carbocycles. The summed E-state index contributed by atoms with van der Waals surface area (Å²) < 4.78 is 11.6. The number of aliphatic hydroxyl groups is 1. The number of carbonyl (C=O) groups excluding carboxylic acids is 1. The van der Waals surface area contributed by atoms with Crippen molar-refractivity contribution in [1.82, 2.24) is 14.9 Å². The maximum Gasteiger partial charge on any atom is 0.248 e. The first-order valence-electron chi connectivity index (χ1n) is 13.1. The number of fused-ring (bicyclic) bond motifs is 1. The zero-order chi connectivity index (χ0) is 26.8. The van der Waals surface area contributed by atoms with Crippen molar-refractivity contribution in [1.29, 1.82) is 5.26 Å². The second-order valence-electron chi connectivity index (χ2n) is 9.80. The van der Waals surface area contributed by atoms with Gasteiger partial charge in [0, 0.05) is 49.0 Å². The van der Waals surface area contributed by atoms with E-state index < -0.39 is 6.61 Å². The minimum absolute atomic E-state index is 0.215. The predicted molar refractivity (Wildman–Crippen MR) is 147 cm³/mol. The highest BCUT2D eigenvalue weighted by Crippen LogP contribution is 2.34. The number of amides is 1. The lowest BCUT2D eigenvalue weighted by Crippen LogP contribution is -2.36. The summed E-state index contributed by atoms with van der Waals surface area (Å²) >= 11 is 0. The summed E-state index contributed by atoms with van der Waals surface area (Å²) in [6, 6.07) is 20.4. The van der Waals surface area contributed by atoms with Crippen LogP contribution in [0.2, 0.25) is 0 Å². The SMILES string of the molecule is N#Cc1cc(-c2ccnc3[nH]c(-c4ccc(N5CCOCC5)cc4)cc23)ccc1OC1CCN(C(=O)CO)C1. The van der Waals surface area contributed by atoms with Crippen LogP contribution in [0.5, 0.6) is 5.75 Å². The van der Waals surface area contributed by atoms with Gasteiger partial charge in [-0.25, -0.2) is 4.98 Å². The highest BCUT2D eigenvalue weighted by Gasteiger charge is 2.27. The molecule has 6 rings (SSSR count). The molecule has 4 heterocycles. The number of anilines is 1. The number of aromatic amines is 1. The van der Waals surface area contributed by atoms with Gasteiger partial charge in [0.15, 0.2) is 0 Å². The molecule has 0 bridgehead atoms. The van der Waals surface area contributed by atoms with Gasteiger partial charge in [0.05, 0.1) is 25.3 Å². The Morgan fingerprint density at radius 1 is 1.10 bits per heavy atom. The number of nitrogens with one attached hydrogen (secondary N) is 1. The summed E-state index contributed by atoms with van der Waals surface area (Å²) in [5, 5.41) is 19.9. The molecule has 2 aliphatic rings. The van der Waals surface area contributed by atoms with Crippen LogP contribution >= 0.6 is 0 Å². The molecule has 198 valence electrons. The third-order valence-electron chi connectivity index (χ3n) is 7.42. The third-order valence-corrected chi connectivity index (χ3v) is 7.42. The molecule has 2 saturated heterocycles. The zero-order valence-electron chi connectivity index (χ0n) is 21.5. The standard InChI is InChI=1S/C30H29N5O4/c31-17-22-15-21(3-6-28(22)39-24-8-10-35(18-24)29(37)19-36)25-7-9-32-30-26(25)16-27(33-30)20-1-4-23(5-2-20)34-11-13-38-14-12-34/h1-7,9,15-16,24,36H,8,10-14,18-19H2,(H,32,33). The number of aromatic nitrogens is 2. The van der Waals surface area contributed by atoms with Gasteiger partial charge in [-0.3, -0.25) is 4.79 Å². The van der Waals surface area contributed by atoms with E-state index >= 15 is 0 Å². The van der Waals surface area contributed by atoms with Crippen molar-refractivity contribution in [2.24, 2.45) is 0 Å². The number of benzene rings is 2. The van der Waals surface area contributed by atoms with E-state index in [9.17, 15) is 10.1 Å². The Balaban J connectivity index is 1.24. The maximum atomic E-state index is 11.8. The number of ether oxygens (including phenoxy) is 2. The Kier molecular flexibility index (Phi) is 6.88. The number of likely N-dealkylation sites (tertiary alicyclic amines) is 1. The maximum absolute atomic E-state index is 11.8. The molecule has 1 amide bonds. The van der Waals surface area contributed by atoms with Crippen LogP contribution < -0.4 is 9.64 Å². The van der Waals surface area contributed by atoms with Crippen molar-refractivity contribution in [3.8, 4) is 34.2 Å². The number of aliphatic hydroxyl groups excluding tert-OH is 1. The predicted octanol–water partition coefficient (Wildman–Crippen LogP) is 3.58. The van der Waals surface area contributed by atoms with Crippen LogP contribution in [0.1, 0.15) is 12.0 Å². The summed E-state index contributed by atoms with van der Waals surface area (Å²) in [6.07, 6.45) is 2.21. The molecule has 2 fully saturated rings. The number of hydrogen-bond acceptors (Lipinski definition) is 7. The van der Waals surface area contributed by atoms with Gasteiger partial charge >= 0.3 is 0 Å². The van der Waals surface area contributed by atoms with Crippen LogP contribution in [0.15, 0.2) is 60.8 Å². The van der Waals surface area contributed by atoms with E-state index in [0.717, 1.165) is 59.7 Å². The van der Waals surface area contributed by atoms with E-state index in [0.29, 0.717) is 30.8 Å². The van der Waals surface area contributed by atoms with Crippen LogP contribution in [-0.2, 0) is 9.53 Å². The Morgan fingerprint density at radius 3 is 2.67 bits per heavy atom. The molecule has 1 unspecified atom stereocenters. The van der Waals surface area contributed by atoms with Crippen LogP contribution in [0.3, 0.4) is 0 Å². The van der Waals surface area contributed by atoms with Gasteiger partial charge in [0.1, 0.15) is 30.2 Å². The van der Waals surface area contributed by atoms with Gasteiger partial charge < -0.3 is 29.4 Å². The zero-order valence-corrected chi connectivity index (χ0v) is 21.5. The molecule has 2 aromatic carbocycles. The summed E-state index contributed by atoms with van der Waals surface area (Å²) in [6.45, 7) is 3.73. The first-order valence-corrected chi connectivity index (χ1v) is 13.1. The molecule has 2 N–H and O–H groups in total. The second kappa shape index (κ2) is 10.8. The third kappa shape index (κ3) is 5.04. The van der Waals surface area contributed by atoms with Crippen molar-refractivity contribution in [2.75, 3.05) is 50.9 Å². The minimum Gasteiger partial charge on any atom is -0.487 e. The molecule has 9 heteroatoms. The molecule has 0 radical (unpaired) electrons. The molecular formula is C30H29N5O4. The Hall–Kier alpha value is -4.39. The largest absolute Gasteiger partial charge is 0.487 e. The monoisotopic (exact) mass is 523 g/mol. The molecule has 39 heavy (non-hydrogen) atoms. The van der Waals surface area contributed by atoms with E-state index in [2.05, 4.69) is 51.3 Å². The van der Waals surface area contributed by atoms with Gasteiger partial charge in [-0.2, -0.15) is 5.26 Å². The topological polar surface area (TPSA) is 115 Å². The van der Waals surface area contributed by atoms with Crippen LogP contribution in [0, 0.1) is 11.3 Å². The highest BCUT2D eigenvalue weighted by molar-refractivity contribution is 5.96. The van der Waals surface area contributed by atoms with E-state index in [4.69, 9.17) is 14.6 Å². The number of nitriles is 1. The number of carbonyl (C=O) groups is 1. The van der Waals surface area contributed by atoms with Crippen LogP contribution in [0.4, 0.5) is 5.69 Å². The van der Waals surface area contributed by atoms with Crippen LogP contribution in [0.25, 0.3) is 33.4 Å². The van der Waals surface area contributed by atoms with Crippen molar-refractivity contribution in [3.63, 3.8) is 0 Å². The van der Waals surface area contributed by atoms with Crippen molar-refractivity contribution in [2.45, 2.75) is 12.5 Å². The fourth-order valence-corrected chi connectivity index (χ4v) is 5.33. The van der Waals surface area contributed by atoms with Gasteiger partial charge in [0.25, 0.3) is 0 Å². The average Bonchev–Trinajstić information content (AvgIpc) is 3.65. The molecule has 1 atom stereocenters. The quantitative estimate of drug-likeness (QED) is 0.397. The van der Waals surface area contributed by atoms with Gasteiger partial charge in [-0.15, -0.1) is 0 Å². The van der Waals surface area contributed by atoms with E-state index in [1.807, 2.05) is 24.3 Å². The number of nitrogens with zero attached hydrogens (tertiary/aromatic N) is 4. The molecule has 9 nitrogen and oxygen atoms in total. The van der Waals surface area contributed by atoms with Gasteiger partial charge in [-0.05, 0) is 53.1 Å². The van der Waals surface area contributed by atoms with Gasteiger partial charge in [-0.1, -0.05) is 18.2 Å². The van der Waals surface area contributed by atoms with Crippen molar-refractivity contribution in [3.05, 3.63) is 66.4 Å². The number of H-pyrrole nitrogens is 1. The summed E-state index contributed by atoms with van der Waals surface area (Å²) in [5.74, 6) is 0.183. The number of rotatable bonds is 6. The molecule has 4 aromatic rings. The smallest absolute Gasteiger partial charge is 0.248 e. The first kappa shape index (κ1) is 24.9. The minimum atomic E-state index is -0.508. The van der Waals surface area contributed by atoms with E-state index in [1.165, 1.54) is 5.69 Å². The lowest BCUT2D eigenvalue weighted by molar-refractivity contribution is -0.133. The molecule has 2 aromatic heterocycles. The lowest BCUT2D eigenvalue weighted by atomic mass is 10.0. The molecule has 0 saturated carbocycles. The Morgan fingerprint density at radius 2 is 1.90 bits per heavy atom. The normalized spacial score (nSPS) is 17.4. The highest BCUT2D eigenvalue weighted by atomic mass is 16.5. The molecule has 0 spiro atoms. The fraction of sp³-hybridized carbons (Fsp3) is 0.300. The molecule has 2 aliphatic heterocycles. The Bertz CT molecular complexity index is 1540. The van der Waals surface area contributed by atoms with Crippen LogP contribution in [-0.4, -0.2) is 78.0 Å². The summed E-state index contributed by atoms with van der Waals surface area (Å²) in [4.78, 5) is 23.7. The second-order valence-corrected chi connectivity index (χ2v) is 9.80.